The zero-order valence-electron chi connectivity index (χ0n) is 17.3. The first kappa shape index (κ1) is 21.1. The van der Waals surface area contributed by atoms with Crippen molar-refractivity contribution in [1.29, 1.82) is 0 Å². The predicted molar refractivity (Wildman–Crippen MR) is 113 cm³/mol. The number of rotatable bonds is 8. The van der Waals surface area contributed by atoms with E-state index in [-0.39, 0.29) is 11.9 Å². The maximum absolute atomic E-state index is 11.8. The minimum absolute atomic E-state index is 0.238. The Hall–Kier alpha value is -2.24. The van der Waals surface area contributed by atoms with Crippen LogP contribution in [0.4, 0.5) is 5.69 Å². The number of anilines is 1. The van der Waals surface area contributed by atoms with Crippen LogP contribution in [-0.2, 0) is 11.2 Å². The van der Waals surface area contributed by atoms with Gasteiger partial charge in [-0.3, -0.25) is 9.79 Å². The van der Waals surface area contributed by atoms with Crippen LogP contribution >= 0.6 is 0 Å². The molecule has 1 aromatic rings. The first-order valence-electron chi connectivity index (χ1n) is 10.1. The third-order valence-electron chi connectivity index (χ3n) is 4.87. The van der Waals surface area contributed by atoms with Crippen molar-refractivity contribution in [1.82, 2.24) is 15.5 Å². The largest absolute Gasteiger partial charge is 0.378 e. The number of aryl methyl sites for hydroxylation is 1. The summed E-state index contributed by atoms with van der Waals surface area (Å²) in [6, 6.07) is 9.00. The number of nitrogens with zero attached hydrogens (tertiary/aromatic N) is 3. The molecule has 150 valence electrons. The topological polar surface area (TPSA) is 60.0 Å². The Kier molecular flexibility index (Phi) is 8.43. The number of carbonyl (C=O) groups is 1. The minimum Gasteiger partial charge on any atom is -0.378 e. The van der Waals surface area contributed by atoms with E-state index in [1.165, 1.54) is 11.3 Å². The molecule has 0 radical (unpaired) electrons. The molecule has 0 bridgehead atoms. The number of guanidine groups is 1. The molecule has 1 aliphatic rings. The second kappa shape index (κ2) is 10.8. The predicted octanol–water partition coefficient (Wildman–Crippen LogP) is 2.25. The first-order chi connectivity index (χ1) is 13.0. The number of hydrogen-bond acceptors (Lipinski definition) is 3. The fourth-order valence-electron chi connectivity index (χ4n) is 3.28. The van der Waals surface area contributed by atoms with Crippen LogP contribution in [-0.4, -0.2) is 63.1 Å². The molecule has 1 amide bonds. The molecular formula is C21H35N5O. The molecule has 0 aromatic heterocycles. The van der Waals surface area contributed by atoms with E-state index in [1.54, 1.807) is 0 Å². The maximum atomic E-state index is 11.8. The van der Waals surface area contributed by atoms with Gasteiger partial charge >= 0.3 is 0 Å². The molecule has 6 nitrogen and oxygen atoms in total. The lowest BCUT2D eigenvalue weighted by Crippen LogP contribution is -2.45. The van der Waals surface area contributed by atoms with E-state index in [9.17, 15) is 4.79 Å². The average Bonchev–Trinajstić information content (AvgIpc) is 3.13. The van der Waals surface area contributed by atoms with Crippen molar-refractivity contribution in [3.8, 4) is 0 Å². The van der Waals surface area contributed by atoms with Gasteiger partial charge in [-0.05, 0) is 43.9 Å². The van der Waals surface area contributed by atoms with Gasteiger partial charge in [-0.1, -0.05) is 19.1 Å². The van der Waals surface area contributed by atoms with Crippen LogP contribution in [0.2, 0.25) is 0 Å². The zero-order valence-corrected chi connectivity index (χ0v) is 17.3. The molecule has 1 unspecified atom stereocenters. The third kappa shape index (κ3) is 6.77. The van der Waals surface area contributed by atoms with Gasteiger partial charge in [0.25, 0.3) is 0 Å². The van der Waals surface area contributed by atoms with Crippen LogP contribution in [0.3, 0.4) is 0 Å². The molecule has 0 spiro atoms. The average molecular weight is 374 g/mol. The lowest BCUT2D eigenvalue weighted by Gasteiger charge is -2.18. The molecule has 27 heavy (non-hydrogen) atoms. The summed E-state index contributed by atoms with van der Waals surface area (Å²) in [7, 11) is 4.11. The Balaban J connectivity index is 1.78. The summed E-state index contributed by atoms with van der Waals surface area (Å²) in [6.45, 7) is 7.23. The summed E-state index contributed by atoms with van der Waals surface area (Å²) < 4.78 is 0. The minimum atomic E-state index is 0.238. The van der Waals surface area contributed by atoms with Crippen LogP contribution in [0.15, 0.2) is 29.3 Å². The number of hydrogen-bond donors (Lipinski definition) is 2. The SMILES string of the molecule is CCNC(=NCCCc1ccc(N(C)C)cc1)NC1CCN(C(=O)CC)C1. The van der Waals surface area contributed by atoms with E-state index in [0.29, 0.717) is 6.42 Å². The van der Waals surface area contributed by atoms with Gasteiger partial charge in [0.2, 0.25) is 5.91 Å². The second-order valence-corrected chi connectivity index (χ2v) is 7.25. The summed E-state index contributed by atoms with van der Waals surface area (Å²) >= 11 is 0. The van der Waals surface area contributed by atoms with Crippen molar-refractivity contribution in [3.63, 3.8) is 0 Å². The van der Waals surface area contributed by atoms with Crippen molar-refractivity contribution in [2.75, 3.05) is 45.2 Å². The highest BCUT2D eigenvalue weighted by atomic mass is 16.2. The highest BCUT2D eigenvalue weighted by Crippen LogP contribution is 2.13. The molecular weight excluding hydrogens is 338 g/mol. The van der Waals surface area contributed by atoms with Gasteiger partial charge < -0.3 is 20.4 Å². The molecule has 1 saturated heterocycles. The van der Waals surface area contributed by atoms with Crippen molar-refractivity contribution in [2.24, 2.45) is 4.99 Å². The normalized spacial score (nSPS) is 17.1. The Labute approximate surface area is 164 Å². The van der Waals surface area contributed by atoms with E-state index < -0.39 is 0 Å². The first-order valence-corrected chi connectivity index (χ1v) is 10.1. The van der Waals surface area contributed by atoms with Crippen LogP contribution in [0.25, 0.3) is 0 Å². The smallest absolute Gasteiger partial charge is 0.222 e. The Morgan fingerprint density at radius 2 is 2.00 bits per heavy atom. The monoisotopic (exact) mass is 373 g/mol. The molecule has 1 fully saturated rings. The van der Waals surface area contributed by atoms with Crippen molar-refractivity contribution < 1.29 is 4.79 Å². The number of aliphatic imine (C=N–C) groups is 1. The number of amides is 1. The molecule has 2 rings (SSSR count). The fourth-order valence-corrected chi connectivity index (χ4v) is 3.28. The molecule has 2 N–H and O–H groups in total. The van der Waals surface area contributed by atoms with Crippen LogP contribution in [0.1, 0.15) is 38.7 Å². The van der Waals surface area contributed by atoms with Gasteiger partial charge in [-0.25, -0.2) is 0 Å². The highest BCUT2D eigenvalue weighted by Gasteiger charge is 2.25. The van der Waals surface area contributed by atoms with Crippen molar-refractivity contribution in [3.05, 3.63) is 29.8 Å². The van der Waals surface area contributed by atoms with Crippen LogP contribution in [0.5, 0.6) is 0 Å². The second-order valence-electron chi connectivity index (χ2n) is 7.25. The van der Waals surface area contributed by atoms with Gasteiger partial charge in [0.1, 0.15) is 0 Å². The highest BCUT2D eigenvalue weighted by molar-refractivity contribution is 5.80. The third-order valence-corrected chi connectivity index (χ3v) is 4.87. The summed E-state index contributed by atoms with van der Waals surface area (Å²) in [5.74, 6) is 1.10. The number of benzene rings is 1. The van der Waals surface area contributed by atoms with E-state index in [1.807, 2.05) is 11.8 Å². The zero-order chi connectivity index (χ0) is 19.6. The van der Waals surface area contributed by atoms with Crippen LogP contribution < -0.4 is 15.5 Å². The number of carbonyl (C=O) groups excluding carboxylic acids is 1. The van der Waals surface area contributed by atoms with Gasteiger partial charge in [-0.15, -0.1) is 0 Å². The lowest BCUT2D eigenvalue weighted by molar-refractivity contribution is -0.129. The number of nitrogens with one attached hydrogen (secondary N) is 2. The molecule has 1 aromatic carbocycles. The Bertz CT molecular complexity index is 612. The van der Waals surface area contributed by atoms with Gasteiger partial charge in [0, 0.05) is 58.4 Å². The molecule has 6 heteroatoms. The van der Waals surface area contributed by atoms with Gasteiger partial charge in [-0.2, -0.15) is 0 Å². The maximum Gasteiger partial charge on any atom is 0.222 e. The van der Waals surface area contributed by atoms with Crippen LogP contribution in [0, 0.1) is 0 Å². The van der Waals surface area contributed by atoms with Crippen molar-refractivity contribution >= 4 is 17.6 Å². The standard InChI is InChI=1S/C21H35N5O/c1-5-20(27)26-15-13-18(16-26)24-21(22-6-2)23-14-7-8-17-9-11-19(12-10-17)25(3)4/h9-12,18H,5-8,13-16H2,1-4H3,(H2,22,23,24). The number of likely N-dealkylation sites (tertiary alicyclic amines) is 1. The molecule has 0 aliphatic carbocycles. The molecule has 1 aliphatic heterocycles. The Morgan fingerprint density at radius 1 is 1.26 bits per heavy atom. The molecule has 1 heterocycles. The Morgan fingerprint density at radius 3 is 2.63 bits per heavy atom. The summed E-state index contributed by atoms with van der Waals surface area (Å²) in [5.41, 5.74) is 2.57. The molecule has 1 atom stereocenters. The van der Waals surface area contributed by atoms with E-state index in [2.05, 4.69) is 60.8 Å². The van der Waals surface area contributed by atoms with Crippen molar-refractivity contribution in [2.45, 2.75) is 45.6 Å². The lowest BCUT2D eigenvalue weighted by atomic mass is 10.1. The van der Waals surface area contributed by atoms with E-state index in [0.717, 1.165) is 51.4 Å². The summed E-state index contributed by atoms with van der Waals surface area (Å²) in [4.78, 5) is 20.6. The quantitative estimate of drug-likeness (QED) is 0.417. The molecule has 0 saturated carbocycles. The van der Waals surface area contributed by atoms with Gasteiger partial charge in [0.15, 0.2) is 5.96 Å². The fraction of sp³-hybridized carbons (Fsp3) is 0.619. The van der Waals surface area contributed by atoms with E-state index in [4.69, 9.17) is 4.99 Å². The van der Waals surface area contributed by atoms with E-state index >= 15 is 0 Å². The van der Waals surface area contributed by atoms with Gasteiger partial charge in [0.05, 0.1) is 0 Å². The summed E-state index contributed by atoms with van der Waals surface area (Å²) in [5, 5.41) is 6.80. The summed E-state index contributed by atoms with van der Waals surface area (Å²) in [6.07, 6.45) is 3.60.